The van der Waals surface area contributed by atoms with Gasteiger partial charge in [-0.25, -0.2) is 0 Å². The van der Waals surface area contributed by atoms with E-state index in [1.54, 1.807) is 6.07 Å². The average molecular weight is 211 g/mol. The highest BCUT2D eigenvalue weighted by Crippen LogP contribution is 2.08. The topological polar surface area (TPSA) is 79.5 Å². The first-order valence-corrected chi connectivity index (χ1v) is 4.62. The van der Waals surface area contributed by atoms with Crippen molar-refractivity contribution in [1.82, 2.24) is 5.32 Å². The smallest absolute Gasteiger partial charge is 0.322 e. The van der Waals surface area contributed by atoms with E-state index in [1.807, 2.05) is 13.0 Å². The largest absolute Gasteiger partial charge is 0.480 e. The third kappa shape index (κ3) is 4.30. The fourth-order valence-electron chi connectivity index (χ4n) is 1.12. The van der Waals surface area contributed by atoms with Crippen molar-refractivity contribution in [3.63, 3.8) is 0 Å². The second kappa shape index (κ2) is 5.19. The van der Waals surface area contributed by atoms with Crippen LogP contribution < -0.4 is 5.32 Å². The summed E-state index contributed by atoms with van der Waals surface area (Å²) in [5, 5.41) is 10.6. The Labute approximate surface area is 87.1 Å². The Kier molecular flexibility index (Phi) is 3.91. The van der Waals surface area contributed by atoms with E-state index >= 15 is 0 Å². The van der Waals surface area contributed by atoms with Gasteiger partial charge in [0.1, 0.15) is 18.1 Å². The molecule has 0 aliphatic heterocycles. The molecule has 0 atom stereocenters. The molecule has 5 nitrogen and oxygen atoms in total. The molecule has 15 heavy (non-hydrogen) atoms. The van der Waals surface area contributed by atoms with Crippen molar-refractivity contribution in [3.8, 4) is 0 Å². The standard InChI is InChI=1S/C10H13NO4/c1-7-2-3-8(15-7)4-5-9(12)11-6-10(13)14/h2-3H,4-6H2,1H3,(H,11,12)(H,13,14). The van der Waals surface area contributed by atoms with Crippen molar-refractivity contribution in [3.05, 3.63) is 23.7 Å². The lowest BCUT2D eigenvalue weighted by atomic mass is 10.2. The Morgan fingerprint density at radius 1 is 1.47 bits per heavy atom. The Morgan fingerprint density at radius 2 is 2.20 bits per heavy atom. The number of nitrogens with one attached hydrogen (secondary N) is 1. The molecule has 82 valence electrons. The summed E-state index contributed by atoms with van der Waals surface area (Å²) < 4.78 is 5.26. The lowest BCUT2D eigenvalue weighted by Crippen LogP contribution is -2.29. The summed E-state index contributed by atoms with van der Waals surface area (Å²) in [5.74, 6) is 0.206. The molecule has 0 fully saturated rings. The minimum absolute atomic E-state index is 0.236. The van der Waals surface area contributed by atoms with E-state index in [1.165, 1.54) is 0 Å². The fraction of sp³-hybridized carbons (Fsp3) is 0.400. The number of hydrogen-bond acceptors (Lipinski definition) is 3. The van der Waals surface area contributed by atoms with E-state index in [-0.39, 0.29) is 18.9 Å². The SMILES string of the molecule is Cc1ccc(CCC(=O)NCC(=O)O)o1. The van der Waals surface area contributed by atoms with Gasteiger partial charge < -0.3 is 14.8 Å². The van der Waals surface area contributed by atoms with Gasteiger partial charge in [0.05, 0.1) is 0 Å². The second-order valence-electron chi connectivity index (χ2n) is 3.18. The molecule has 0 aromatic carbocycles. The van der Waals surface area contributed by atoms with Crippen LogP contribution in [0.15, 0.2) is 16.5 Å². The number of hydrogen-bond donors (Lipinski definition) is 2. The van der Waals surface area contributed by atoms with Crippen molar-refractivity contribution in [2.45, 2.75) is 19.8 Å². The van der Waals surface area contributed by atoms with Crippen LogP contribution in [0.2, 0.25) is 0 Å². The molecule has 0 bridgehead atoms. The summed E-state index contributed by atoms with van der Waals surface area (Å²) in [4.78, 5) is 21.3. The number of rotatable bonds is 5. The molecule has 1 heterocycles. The van der Waals surface area contributed by atoms with E-state index < -0.39 is 5.97 Å². The number of carbonyl (C=O) groups excluding carboxylic acids is 1. The van der Waals surface area contributed by atoms with Gasteiger partial charge in [-0.3, -0.25) is 9.59 Å². The lowest BCUT2D eigenvalue weighted by Gasteiger charge is -2.00. The molecule has 0 radical (unpaired) electrons. The first-order valence-electron chi connectivity index (χ1n) is 4.62. The van der Waals surface area contributed by atoms with Gasteiger partial charge in [-0.2, -0.15) is 0 Å². The van der Waals surface area contributed by atoms with Crippen LogP contribution in [0.5, 0.6) is 0 Å². The Bertz CT molecular complexity index is 356. The van der Waals surface area contributed by atoms with Gasteiger partial charge in [0.15, 0.2) is 0 Å². The molecule has 1 rings (SSSR count). The highest BCUT2D eigenvalue weighted by Gasteiger charge is 2.05. The zero-order chi connectivity index (χ0) is 11.3. The molecule has 1 aromatic rings. The predicted octanol–water partition coefficient (Wildman–Crippen LogP) is 0.721. The van der Waals surface area contributed by atoms with Gasteiger partial charge in [-0.15, -0.1) is 0 Å². The van der Waals surface area contributed by atoms with Crippen LogP contribution in [0.3, 0.4) is 0 Å². The fourth-order valence-corrected chi connectivity index (χ4v) is 1.12. The summed E-state index contributed by atoms with van der Waals surface area (Å²) >= 11 is 0. The molecule has 0 unspecified atom stereocenters. The Morgan fingerprint density at radius 3 is 2.73 bits per heavy atom. The summed E-state index contributed by atoms with van der Waals surface area (Å²) in [5.41, 5.74) is 0. The number of aryl methyl sites for hydroxylation is 2. The third-order valence-corrected chi connectivity index (χ3v) is 1.83. The van der Waals surface area contributed by atoms with Gasteiger partial charge >= 0.3 is 5.97 Å². The predicted molar refractivity (Wildman–Crippen MR) is 52.4 cm³/mol. The maximum absolute atomic E-state index is 11.1. The van der Waals surface area contributed by atoms with E-state index in [0.29, 0.717) is 6.42 Å². The number of aliphatic carboxylic acids is 1. The third-order valence-electron chi connectivity index (χ3n) is 1.83. The van der Waals surface area contributed by atoms with Crippen LogP contribution in [0.1, 0.15) is 17.9 Å². The van der Waals surface area contributed by atoms with Crippen LogP contribution in [0, 0.1) is 6.92 Å². The van der Waals surface area contributed by atoms with Gasteiger partial charge in [0, 0.05) is 12.8 Å². The van der Waals surface area contributed by atoms with E-state index in [2.05, 4.69) is 5.32 Å². The number of amides is 1. The molecular weight excluding hydrogens is 198 g/mol. The molecule has 0 saturated carbocycles. The summed E-state index contributed by atoms with van der Waals surface area (Å²) in [6.45, 7) is 1.49. The molecule has 1 amide bonds. The van der Waals surface area contributed by atoms with Crippen LogP contribution >= 0.6 is 0 Å². The number of carboxylic acid groups (broad SMARTS) is 1. The zero-order valence-electron chi connectivity index (χ0n) is 8.45. The summed E-state index contributed by atoms with van der Waals surface area (Å²) in [7, 11) is 0. The highest BCUT2D eigenvalue weighted by molar-refractivity contribution is 5.81. The van der Waals surface area contributed by atoms with Crippen molar-refractivity contribution >= 4 is 11.9 Å². The minimum Gasteiger partial charge on any atom is -0.480 e. The van der Waals surface area contributed by atoms with Crippen LogP contribution in [0.4, 0.5) is 0 Å². The van der Waals surface area contributed by atoms with Crippen LogP contribution in [-0.4, -0.2) is 23.5 Å². The molecule has 0 aliphatic carbocycles. The number of furan rings is 1. The quantitative estimate of drug-likeness (QED) is 0.752. The van der Waals surface area contributed by atoms with Crippen LogP contribution in [0.25, 0.3) is 0 Å². The zero-order valence-corrected chi connectivity index (χ0v) is 8.45. The maximum Gasteiger partial charge on any atom is 0.322 e. The normalized spacial score (nSPS) is 9.93. The molecule has 0 saturated heterocycles. The van der Waals surface area contributed by atoms with E-state index in [0.717, 1.165) is 11.5 Å². The summed E-state index contributed by atoms with van der Waals surface area (Å²) in [6, 6.07) is 3.63. The lowest BCUT2D eigenvalue weighted by molar-refractivity contribution is -0.137. The van der Waals surface area contributed by atoms with Crippen molar-refractivity contribution in [2.24, 2.45) is 0 Å². The van der Waals surface area contributed by atoms with E-state index in [4.69, 9.17) is 9.52 Å². The molecule has 5 heteroatoms. The highest BCUT2D eigenvalue weighted by atomic mass is 16.4. The average Bonchev–Trinajstić information content (AvgIpc) is 2.58. The Balaban J connectivity index is 2.25. The number of carboxylic acids is 1. The van der Waals surface area contributed by atoms with Crippen LogP contribution in [-0.2, 0) is 16.0 Å². The number of carbonyl (C=O) groups is 2. The van der Waals surface area contributed by atoms with E-state index in [9.17, 15) is 9.59 Å². The van der Waals surface area contributed by atoms with Crippen molar-refractivity contribution < 1.29 is 19.1 Å². The first-order chi connectivity index (χ1) is 7.08. The van der Waals surface area contributed by atoms with Gasteiger partial charge in [0.2, 0.25) is 5.91 Å². The Hall–Kier alpha value is -1.78. The van der Waals surface area contributed by atoms with Crippen molar-refractivity contribution in [2.75, 3.05) is 6.54 Å². The minimum atomic E-state index is -1.04. The first kappa shape index (κ1) is 11.3. The maximum atomic E-state index is 11.1. The second-order valence-corrected chi connectivity index (χ2v) is 3.18. The molecule has 1 aromatic heterocycles. The molecule has 0 spiro atoms. The molecule has 2 N–H and O–H groups in total. The van der Waals surface area contributed by atoms with Gasteiger partial charge in [-0.05, 0) is 19.1 Å². The van der Waals surface area contributed by atoms with Gasteiger partial charge in [0.25, 0.3) is 0 Å². The van der Waals surface area contributed by atoms with Gasteiger partial charge in [-0.1, -0.05) is 0 Å². The molecular formula is C10H13NO4. The van der Waals surface area contributed by atoms with Crippen molar-refractivity contribution in [1.29, 1.82) is 0 Å². The molecule has 0 aliphatic rings. The summed E-state index contributed by atoms with van der Waals surface area (Å²) in [6.07, 6.45) is 0.722. The monoisotopic (exact) mass is 211 g/mol.